The number of carbonyl (C=O) groups excluding carboxylic acids is 1. The van der Waals surface area contributed by atoms with Gasteiger partial charge in [0.15, 0.2) is 0 Å². The minimum atomic E-state index is -0.209. The predicted octanol–water partition coefficient (Wildman–Crippen LogP) is 2.39. The molecule has 1 aliphatic heterocycles. The Labute approximate surface area is 128 Å². The molecule has 0 aromatic heterocycles. The van der Waals surface area contributed by atoms with Crippen LogP contribution in [0.4, 0.5) is 0 Å². The number of piperidine rings is 1. The first-order valence-electron chi connectivity index (χ1n) is 8.10. The number of aryl methyl sites for hydroxylation is 1. The summed E-state index contributed by atoms with van der Waals surface area (Å²) in [7, 11) is 0. The minimum Gasteiger partial charge on any atom is -0.453 e. The summed E-state index contributed by atoms with van der Waals surface area (Å²) in [4.78, 5) is 13.7. The zero-order valence-electron chi connectivity index (χ0n) is 13.7. The Morgan fingerprint density at radius 1 is 1.24 bits per heavy atom. The first-order valence-corrected chi connectivity index (χ1v) is 8.10. The van der Waals surface area contributed by atoms with Gasteiger partial charge in [-0.3, -0.25) is 0 Å². The molecule has 2 rings (SSSR count). The van der Waals surface area contributed by atoms with Gasteiger partial charge in [-0.2, -0.15) is 0 Å². The Morgan fingerprint density at radius 2 is 1.81 bits per heavy atom. The lowest BCUT2D eigenvalue weighted by Gasteiger charge is -2.37. The fourth-order valence-corrected chi connectivity index (χ4v) is 3.30. The van der Waals surface area contributed by atoms with Crippen LogP contribution >= 0.6 is 0 Å². The third-order valence-corrected chi connectivity index (χ3v) is 4.66. The van der Waals surface area contributed by atoms with Gasteiger partial charge < -0.3 is 9.64 Å². The third-order valence-electron chi connectivity index (χ3n) is 4.66. The summed E-state index contributed by atoms with van der Waals surface area (Å²) in [6.07, 6.45) is 3.83. The fourth-order valence-electron chi connectivity index (χ4n) is 3.30. The number of hydrogen-bond donors (Lipinski definition) is 1. The maximum absolute atomic E-state index is 12.1. The molecule has 1 aliphatic rings. The second kappa shape index (κ2) is 7.08. The average Bonchev–Trinajstić information content (AvgIpc) is 2.43. The Morgan fingerprint density at radius 3 is 2.38 bits per heavy atom. The maximum Gasteiger partial charge on any atom is 0.338 e. The second-order valence-corrected chi connectivity index (χ2v) is 6.59. The lowest BCUT2D eigenvalue weighted by Crippen LogP contribution is -3.20. The molecule has 1 N–H and O–H groups in total. The lowest BCUT2D eigenvalue weighted by molar-refractivity contribution is -0.953. The Hall–Kier alpha value is -1.35. The molecule has 0 amide bonds. The number of hydrogen-bond acceptors (Lipinski definition) is 2. The number of carbonyl (C=O) groups is 1. The highest BCUT2D eigenvalue weighted by atomic mass is 16.5. The second-order valence-electron chi connectivity index (χ2n) is 6.59. The molecule has 3 atom stereocenters. The van der Waals surface area contributed by atoms with E-state index in [1.165, 1.54) is 19.3 Å². The van der Waals surface area contributed by atoms with Crippen molar-refractivity contribution in [1.82, 2.24) is 0 Å². The van der Waals surface area contributed by atoms with E-state index in [1.54, 1.807) is 4.90 Å². The van der Waals surface area contributed by atoms with Crippen LogP contribution in [-0.4, -0.2) is 30.7 Å². The Kier molecular flexibility index (Phi) is 5.40. The number of benzene rings is 1. The van der Waals surface area contributed by atoms with Crippen molar-refractivity contribution in [3.05, 3.63) is 35.4 Å². The Bertz CT molecular complexity index is 459. The maximum atomic E-state index is 12.1. The number of ether oxygens (including phenoxy) is 1. The van der Waals surface area contributed by atoms with Crippen LogP contribution in [0.3, 0.4) is 0 Å². The molecule has 1 fully saturated rings. The monoisotopic (exact) mass is 290 g/mol. The zero-order chi connectivity index (χ0) is 15.4. The van der Waals surface area contributed by atoms with E-state index in [4.69, 9.17) is 4.74 Å². The normalized spacial score (nSPS) is 27.1. The average molecular weight is 290 g/mol. The van der Waals surface area contributed by atoms with Crippen LogP contribution in [-0.2, 0) is 4.74 Å². The SMILES string of the molecule is Cc1ccc(C(=O)OC(C)C[NH+]2C(C)CCCC2C)cc1. The van der Waals surface area contributed by atoms with Crippen LogP contribution in [0.15, 0.2) is 24.3 Å². The van der Waals surface area contributed by atoms with E-state index in [0.717, 1.165) is 12.1 Å². The summed E-state index contributed by atoms with van der Waals surface area (Å²) in [5.41, 5.74) is 1.79. The summed E-state index contributed by atoms with van der Waals surface area (Å²) in [6.45, 7) is 9.53. The van der Waals surface area contributed by atoms with Gasteiger partial charge in [-0.25, -0.2) is 4.79 Å². The van der Waals surface area contributed by atoms with Gasteiger partial charge in [0.1, 0.15) is 12.6 Å². The Balaban J connectivity index is 1.90. The smallest absolute Gasteiger partial charge is 0.338 e. The van der Waals surface area contributed by atoms with Gasteiger partial charge in [0.05, 0.1) is 17.6 Å². The van der Waals surface area contributed by atoms with Crippen LogP contribution in [0, 0.1) is 6.92 Å². The predicted molar refractivity (Wildman–Crippen MR) is 84.7 cm³/mol. The van der Waals surface area contributed by atoms with E-state index in [-0.39, 0.29) is 12.1 Å². The number of esters is 1. The summed E-state index contributed by atoms with van der Waals surface area (Å²) < 4.78 is 5.62. The molecule has 1 aromatic rings. The summed E-state index contributed by atoms with van der Waals surface area (Å²) in [5, 5.41) is 0. The molecular formula is C18H28NO2+. The van der Waals surface area contributed by atoms with Crippen molar-refractivity contribution in [2.24, 2.45) is 0 Å². The topological polar surface area (TPSA) is 30.7 Å². The molecule has 0 aliphatic carbocycles. The molecule has 0 saturated carbocycles. The van der Waals surface area contributed by atoms with Crippen molar-refractivity contribution in [3.8, 4) is 0 Å². The highest BCUT2D eigenvalue weighted by Gasteiger charge is 2.30. The number of rotatable bonds is 4. The van der Waals surface area contributed by atoms with Crippen molar-refractivity contribution >= 4 is 5.97 Å². The van der Waals surface area contributed by atoms with Crippen molar-refractivity contribution < 1.29 is 14.4 Å². The van der Waals surface area contributed by atoms with Gasteiger partial charge in [0, 0.05) is 0 Å². The summed E-state index contributed by atoms with van der Waals surface area (Å²) in [5.74, 6) is -0.209. The van der Waals surface area contributed by atoms with Crippen molar-refractivity contribution in [1.29, 1.82) is 0 Å². The zero-order valence-corrected chi connectivity index (χ0v) is 13.7. The van der Waals surface area contributed by atoms with E-state index in [2.05, 4.69) is 13.8 Å². The van der Waals surface area contributed by atoms with Gasteiger partial charge in [0.2, 0.25) is 0 Å². The molecule has 1 saturated heterocycles. The van der Waals surface area contributed by atoms with Gasteiger partial charge >= 0.3 is 5.97 Å². The molecule has 21 heavy (non-hydrogen) atoms. The third kappa shape index (κ3) is 4.31. The van der Waals surface area contributed by atoms with Gasteiger partial charge in [-0.05, 0) is 59.1 Å². The van der Waals surface area contributed by atoms with Crippen LogP contribution in [0.1, 0.15) is 56.0 Å². The van der Waals surface area contributed by atoms with Crippen LogP contribution < -0.4 is 4.90 Å². The lowest BCUT2D eigenvalue weighted by atomic mass is 9.97. The van der Waals surface area contributed by atoms with E-state index in [0.29, 0.717) is 17.6 Å². The molecule has 116 valence electrons. The van der Waals surface area contributed by atoms with E-state index < -0.39 is 0 Å². The van der Waals surface area contributed by atoms with Crippen molar-refractivity contribution in [2.45, 2.75) is 65.1 Å². The molecule has 0 bridgehead atoms. The molecule has 0 spiro atoms. The minimum absolute atomic E-state index is 0.0446. The summed E-state index contributed by atoms with van der Waals surface area (Å²) >= 11 is 0. The molecule has 3 nitrogen and oxygen atoms in total. The van der Waals surface area contributed by atoms with Crippen LogP contribution in [0.5, 0.6) is 0 Å². The highest BCUT2D eigenvalue weighted by Crippen LogP contribution is 2.09. The largest absolute Gasteiger partial charge is 0.453 e. The van der Waals surface area contributed by atoms with Gasteiger partial charge in [-0.1, -0.05) is 17.7 Å². The number of likely N-dealkylation sites (tertiary alicyclic amines) is 1. The standard InChI is InChI=1S/C18H27NO2/c1-13-8-10-17(11-9-13)18(20)21-16(4)12-19-14(2)6-5-7-15(19)3/h8-11,14-16H,5-7,12H2,1-4H3/p+1. The van der Waals surface area contributed by atoms with Crippen LogP contribution in [0.2, 0.25) is 0 Å². The number of quaternary nitrogens is 1. The number of nitrogens with one attached hydrogen (secondary N) is 1. The molecule has 3 heteroatoms. The van der Waals surface area contributed by atoms with Crippen LogP contribution in [0.25, 0.3) is 0 Å². The van der Waals surface area contributed by atoms with Gasteiger partial charge in [0.25, 0.3) is 0 Å². The van der Waals surface area contributed by atoms with Gasteiger partial charge in [-0.15, -0.1) is 0 Å². The highest BCUT2D eigenvalue weighted by molar-refractivity contribution is 5.89. The van der Waals surface area contributed by atoms with E-state index in [1.807, 2.05) is 38.1 Å². The molecule has 3 unspecified atom stereocenters. The van der Waals surface area contributed by atoms with Crippen molar-refractivity contribution in [3.63, 3.8) is 0 Å². The van der Waals surface area contributed by atoms with E-state index >= 15 is 0 Å². The van der Waals surface area contributed by atoms with Crippen molar-refractivity contribution in [2.75, 3.05) is 6.54 Å². The molecular weight excluding hydrogens is 262 g/mol. The fraction of sp³-hybridized carbons (Fsp3) is 0.611. The molecule has 1 aromatic carbocycles. The quantitative estimate of drug-likeness (QED) is 0.863. The molecule has 0 radical (unpaired) electrons. The molecule has 1 heterocycles. The first kappa shape index (κ1) is 16.0. The first-order chi connectivity index (χ1) is 9.97. The summed E-state index contributed by atoms with van der Waals surface area (Å²) in [6, 6.07) is 8.89. The van der Waals surface area contributed by atoms with E-state index in [9.17, 15) is 4.79 Å².